The Kier molecular flexibility index (Phi) is 3.78. The van der Waals surface area contributed by atoms with E-state index in [4.69, 9.17) is 9.84 Å². The van der Waals surface area contributed by atoms with Gasteiger partial charge in [0.15, 0.2) is 0 Å². The fourth-order valence-electron chi connectivity index (χ4n) is 2.62. The van der Waals surface area contributed by atoms with Crippen LogP contribution in [-0.4, -0.2) is 27.1 Å². The molecule has 0 spiro atoms. The largest absolute Gasteiger partial charge is 0.494 e. The summed E-state index contributed by atoms with van der Waals surface area (Å²) in [7, 11) is 0. The first kappa shape index (κ1) is 15.1. The lowest BCUT2D eigenvalue weighted by Crippen LogP contribution is -1.97. The zero-order valence-electron chi connectivity index (χ0n) is 13.3. The molecule has 0 aliphatic carbocycles. The average Bonchev–Trinajstić information content (AvgIpc) is 2.93. The van der Waals surface area contributed by atoms with Crippen molar-refractivity contribution in [2.24, 2.45) is 0 Å². The van der Waals surface area contributed by atoms with Crippen LogP contribution in [0, 0.1) is 13.8 Å². The highest BCUT2D eigenvalue weighted by Crippen LogP contribution is 2.30. The van der Waals surface area contributed by atoms with Crippen LogP contribution in [0.1, 0.15) is 28.4 Å². The van der Waals surface area contributed by atoms with E-state index in [-0.39, 0.29) is 5.56 Å². The number of ether oxygens (including phenoxy) is 1. The van der Waals surface area contributed by atoms with E-state index in [2.05, 4.69) is 11.1 Å². The molecule has 1 aromatic carbocycles. The number of carbonyl (C=O) groups is 1. The molecule has 2 aromatic heterocycles. The molecule has 1 N–H and O–H groups in total. The molecule has 5 heteroatoms. The van der Waals surface area contributed by atoms with Crippen LogP contribution in [-0.2, 0) is 0 Å². The molecule has 23 heavy (non-hydrogen) atoms. The molecule has 3 rings (SSSR count). The van der Waals surface area contributed by atoms with Crippen molar-refractivity contribution in [2.45, 2.75) is 20.8 Å². The Bertz CT molecular complexity index is 897. The highest BCUT2D eigenvalue weighted by atomic mass is 16.5. The predicted molar refractivity (Wildman–Crippen MR) is 88.2 cm³/mol. The minimum absolute atomic E-state index is 0.231. The summed E-state index contributed by atoms with van der Waals surface area (Å²) >= 11 is 0. The number of aromatic nitrogens is 2. The smallest absolute Gasteiger partial charge is 0.335 e. The number of hydrogen-bond donors (Lipinski definition) is 1. The Morgan fingerprint density at radius 2 is 2.04 bits per heavy atom. The minimum Gasteiger partial charge on any atom is -0.494 e. The van der Waals surface area contributed by atoms with Gasteiger partial charge < -0.3 is 14.2 Å². The molecule has 3 aromatic rings. The number of aryl methyl sites for hydroxylation is 2. The summed E-state index contributed by atoms with van der Waals surface area (Å²) in [4.78, 5) is 15.6. The Hall–Kier alpha value is -2.82. The third-order valence-corrected chi connectivity index (χ3v) is 3.80. The van der Waals surface area contributed by atoms with E-state index in [0.717, 1.165) is 28.1 Å². The van der Waals surface area contributed by atoms with Crippen LogP contribution in [0.4, 0.5) is 0 Å². The van der Waals surface area contributed by atoms with Gasteiger partial charge in [0.05, 0.1) is 17.9 Å². The van der Waals surface area contributed by atoms with Gasteiger partial charge in [-0.15, -0.1) is 0 Å². The Labute approximate surface area is 134 Å². The van der Waals surface area contributed by atoms with Crippen LogP contribution in [0.15, 0.2) is 36.7 Å². The number of imidazole rings is 1. The SMILES string of the molecule is CCOc1cc(C)c(-c2cn3ccc(C(=O)O)cc3n2)cc1C. The lowest BCUT2D eigenvalue weighted by Gasteiger charge is -2.11. The van der Waals surface area contributed by atoms with Gasteiger partial charge in [-0.2, -0.15) is 0 Å². The van der Waals surface area contributed by atoms with Crippen LogP contribution >= 0.6 is 0 Å². The maximum absolute atomic E-state index is 11.1. The van der Waals surface area contributed by atoms with Gasteiger partial charge >= 0.3 is 5.97 Å². The number of aromatic carboxylic acids is 1. The number of nitrogens with zero attached hydrogens (tertiary/aromatic N) is 2. The van der Waals surface area contributed by atoms with E-state index in [9.17, 15) is 4.79 Å². The number of hydrogen-bond acceptors (Lipinski definition) is 3. The van der Waals surface area contributed by atoms with Crippen LogP contribution in [0.5, 0.6) is 5.75 Å². The van der Waals surface area contributed by atoms with E-state index in [1.807, 2.05) is 37.4 Å². The molecule has 0 bridgehead atoms. The highest BCUT2D eigenvalue weighted by Gasteiger charge is 2.12. The van der Waals surface area contributed by atoms with Crippen molar-refractivity contribution in [3.63, 3.8) is 0 Å². The summed E-state index contributed by atoms with van der Waals surface area (Å²) in [6.45, 7) is 6.62. The summed E-state index contributed by atoms with van der Waals surface area (Å²) in [5, 5.41) is 9.08. The number of benzene rings is 1. The van der Waals surface area contributed by atoms with E-state index >= 15 is 0 Å². The predicted octanol–water partition coefficient (Wildman–Crippen LogP) is 3.72. The van der Waals surface area contributed by atoms with Gasteiger partial charge in [-0.3, -0.25) is 0 Å². The average molecular weight is 310 g/mol. The Balaban J connectivity index is 2.09. The van der Waals surface area contributed by atoms with Crippen LogP contribution in [0.2, 0.25) is 0 Å². The van der Waals surface area contributed by atoms with Crippen molar-refractivity contribution in [3.05, 3.63) is 53.3 Å². The molecular weight excluding hydrogens is 292 g/mol. The summed E-state index contributed by atoms with van der Waals surface area (Å²) < 4.78 is 7.44. The van der Waals surface area contributed by atoms with Gasteiger partial charge in [0.2, 0.25) is 0 Å². The molecule has 2 heterocycles. The van der Waals surface area contributed by atoms with Gasteiger partial charge in [0, 0.05) is 18.0 Å². The van der Waals surface area contributed by atoms with Crippen molar-refractivity contribution in [1.82, 2.24) is 9.38 Å². The van der Waals surface area contributed by atoms with Gasteiger partial charge in [-0.25, -0.2) is 9.78 Å². The number of carboxylic acid groups (broad SMARTS) is 1. The molecule has 5 nitrogen and oxygen atoms in total. The second-order valence-electron chi connectivity index (χ2n) is 5.48. The van der Waals surface area contributed by atoms with Crippen molar-refractivity contribution >= 4 is 11.6 Å². The molecule has 0 unspecified atom stereocenters. The lowest BCUT2D eigenvalue weighted by molar-refractivity contribution is 0.0697. The lowest BCUT2D eigenvalue weighted by atomic mass is 10.0. The highest BCUT2D eigenvalue weighted by molar-refractivity contribution is 5.88. The molecule has 0 saturated heterocycles. The molecule has 0 aliphatic rings. The summed E-state index contributed by atoms with van der Waals surface area (Å²) in [5.74, 6) is -0.0733. The monoisotopic (exact) mass is 310 g/mol. The quantitative estimate of drug-likeness (QED) is 0.798. The van der Waals surface area contributed by atoms with Crippen molar-refractivity contribution in [3.8, 4) is 17.0 Å². The number of rotatable bonds is 4. The molecule has 0 radical (unpaired) electrons. The van der Waals surface area contributed by atoms with E-state index < -0.39 is 5.97 Å². The Morgan fingerprint density at radius 1 is 1.26 bits per heavy atom. The topological polar surface area (TPSA) is 63.8 Å². The van der Waals surface area contributed by atoms with Gasteiger partial charge in [-0.05, 0) is 56.2 Å². The zero-order chi connectivity index (χ0) is 16.6. The first-order valence-corrected chi connectivity index (χ1v) is 7.46. The molecule has 118 valence electrons. The number of pyridine rings is 1. The first-order valence-electron chi connectivity index (χ1n) is 7.46. The number of carboxylic acids is 1. The van der Waals surface area contributed by atoms with Gasteiger partial charge in [0.1, 0.15) is 11.4 Å². The third-order valence-electron chi connectivity index (χ3n) is 3.80. The fourth-order valence-corrected chi connectivity index (χ4v) is 2.62. The van der Waals surface area contributed by atoms with Crippen LogP contribution in [0.25, 0.3) is 16.9 Å². The maximum Gasteiger partial charge on any atom is 0.335 e. The molecule has 0 fully saturated rings. The summed E-state index contributed by atoms with van der Waals surface area (Å²) in [5.41, 5.74) is 4.81. The normalized spacial score (nSPS) is 10.9. The molecule has 0 saturated carbocycles. The van der Waals surface area contributed by atoms with Gasteiger partial charge in [-0.1, -0.05) is 0 Å². The maximum atomic E-state index is 11.1. The number of fused-ring (bicyclic) bond motifs is 1. The van der Waals surface area contributed by atoms with Gasteiger partial charge in [0.25, 0.3) is 0 Å². The second kappa shape index (κ2) is 5.76. The molecule has 0 atom stereocenters. The fraction of sp³-hybridized carbons (Fsp3) is 0.222. The van der Waals surface area contributed by atoms with E-state index in [0.29, 0.717) is 12.3 Å². The van der Waals surface area contributed by atoms with E-state index in [1.54, 1.807) is 18.3 Å². The minimum atomic E-state index is -0.954. The van der Waals surface area contributed by atoms with Crippen molar-refractivity contribution in [2.75, 3.05) is 6.61 Å². The standard InChI is InChI=1S/C18H18N2O3/c1-4-23-16-8-11(2)14(7-12(16)3)15-10-20-6-5-13(18(21)22)9-17(20)19-15/h5-10H,4H2,1-3H3,(H,21,22). The second-order valence-corrected chi connectivity index (χ2v) is 5.48. The van der Waals surface area contributed by atoms with Crippen LogP contribution in [0.3, 0.4) is 0 Å². The Morgan fingerprint density at radius 3 is 2.74 bits per heavy atom. The van der Waals surface area contributed by atoms with Crippen molar-refractivity contribution < 1.29 is 14.6 Å². The van der Waals surface area contributed by atoms with Crippen LogP contribution < -0.4 is 4.74 Å². The summed E-state index contributed by atoms with van der Waals surface area (Å²) in [6.07, 6.45) is 3.62. The molecule has 0 aliphatic heterocycles. The molecular formula is C18H18N2O3. The first-order chi connectivity index (χ1) is 11.0. The molecule has 0 amide bonds. The zero-order valence-corrected chi connectivity index (χ0v) is 13.3. The third kappa shape index (κ3) is 2.77. The summed E-state index contributed by atoms with van der Waals surface area (Å²) in [6, 6.07) is 7.21. The van der Waals surface area contributed by atoms with Crippen molar-refractivity contribution in [1.29, 1.82) is 0 Å². The van der Waals surface area contributed by atoms with E-state index in [1.165, 1.54) is 0 Å².